The highest BCUT2D eigenvalue weighted by Gasteiger charge is 2.30. The van der Waals surface area contributed by atoms with Crippen LogP contribution in [0.2, 0.25) is 0 Å². The lowest BCUT2D eigenvalue weighted by atomic mass is 9.97. The van der Waals surface area contributed by atoms with Crippen molar-refractivity contribution in [3.63, 3.8) is 0 Å². The first kappa shape index (κ1) is 21.5. The van der Waals surface area contributed by atoms with Gasteiger partial charge in [0.2, 0.25) is 5.84 Å². The lowest BCUT2D eigenvalue weighted by molar-refractivity contribution is -0.112. The molecule has 164 valence electrons. The van der Waals surface area contributed by atoms with E-state index in [1.54, 1.807) is 11.2 Å². The number of carbonyl (C=O) groups excluding carboxylic acids is 1. The Morgan fingerprint density at radius 2 is 1.94 bits per heavy atom. The fourth-order valence-electron chi connectivity index (χ4n) is 3.85. The van der Waals surface area contributed by atoms with Crippen LogP contribution in [0.1, 0.15) is 23.1 Å². The molecule has 1 unspecified atom stereocenters. The van der Waals surface area contributed by atoms with Crippen molar-refractivity contribution in [1.82, 2.24) is 10.4 Å². The van der Waals surface area contributed by atoms with Gasteiger partial charge < -0.3 is 10.8 Å². The molecule has 4 rings (SSSR count). The molecule has 1 atom stereocenters. The fourth-order valence-corrected chi connectivity index (χ4v) is 3.85. The number of nitrogens with zero attached hydrogens (tertiary/aromatic N) is 3. The van der Waals surface area contributed by atoms with Crippen LogP contribution in [0.3, 0.4) is 0 Å². The summed E-state index contributed by atoms with van der Waals surface area (Å²) in [7, 11) is 0. The molecule has 0 bridgehead atoms. The van der Waals surface area contributed by atoms with Crippen LogP contribution in [0.15, 0.2) is 71.9 Å². The van der Waals surface area contributed by atoms with Gasteiger partial charge in [0, 0.05) is 19.2 Å². The molecule has 1 amide bonds. The molecule has 7 nitrogen and oxygen atoms in total. The molecule has 1 aliphatic heterocycles. The lowest BCUT2D eigenvalue weighted by Crippen LogP contribution is -2.45. The quantitative estimate of drug-likeness (QED) is 0.511. The van der Waals surface area contributed by atoms with E-state index in [-0.39, 0.29) is 18.6 Å². The van der Waals surface area contributed by atoms with E-state index in [1.165, 1.54) is 5.56 Å². The number of nitrogens with one attached hydrogen (secondary N) is 1. The Bertz CT molecular complexity index is 1130. The van der Waals surface area contributed by atoms with E-state index in [2.05, 4.69) is 40.5 Å². The summed E-state index contributed by atoms with van der Waals surface area (Å²) in [6.45, 7) is 2.25. The molecule has 0 spiro atoms. The van der Waals surface area contributed by atoms with Crippen LogP contribution in [0.25, 0.3) is 11.1 Å². The maximum atomic E-state index is 11.8. The van der Waals surface area contributed by atoms with Gasteiger partial charge in [0.15, 0.2) is 0 Å². The second-order valence-electron chi connectivity index (χ2n) is 7.87. The smallest absolute Gasteiger partial charge is 0.285 e. The molecule has 1 aromatic heterocycles. The zero-order valence-electron chi connectivity index (χ0n) is 18.0. The Balaban J connectivity index is 1.65. The summed E-state index contributed by atoms with van der Waals surface area (Å²) in [5, 5.41) is 10.9. The number of amides is 1. The van der Waals surface area contributed by atoms with E-state index in [1.807, 2.05) is 42.5 Å². The highest BCUT2D eigenvalue weighted by molar-refractivity contribution is 6.38. The normalized spacial score (nSPS) is 15.4. The van der Waals surface area contributed by atoms with E-state index in [0.717, 1.165) is 35.1 Å². The van der Waals surface area contributed by atoms with Crippen LogP contribution >= 0.6 is 0 Å². The van der Waals surface area contributed by atoms with Crippen LogP contribution in [0.5, 0.6) is 0 Å². The number of aliphatic hydroxyl groups excluding tert-OH is 1. The third-order valence-corrected chi connectivity index (χ3v) is 5.53. The summed E-state index contributed by atoms with van der Waals surface area (Å²) < 4.78 is 0. The predicted octanol–water partition coefficient (Wildman–Crippen LogP) is 2.76. The molecular formula is C25H27N5O2. The Labute approximate surface area is 187 Å². The van der Waals surface area contributed by atoms with Gasteiger partial charge in [-0.3, -0.25) is 10.2 Å². The Morgan fingerprint density at radius 1 is 1.12 bits per heavy atom. The second kappa shape index (κ2) is 9.62. The molecule has 32 heavy (non-hydrogen) atoms. The minimum absolute atomic E-state index is 0.125. The van der Waals surface area contributed by atoms with E-state index >= 15 is 0 Å². The summed E-state index contributed by atoms with van der Waals surface area (Å²) in [6, 6.07) is 20.3. The molecule has 4 N–H and O–H groups in total. The Morgan fingerprint density at radius 3 is 2.69 bits per heavy atom. The van der Waals surface area contributed by atoms with Crippen LogP contribution in [0, 0.1) is 6.92 Å². The first-order valence-corrected chi connectivity index (χ1v) is 10.7. The van der Waals surface area contributed by atoms with Crippen LogP contribution < -0.4 is 16.2 Å². The van der Waals surface area contributed by atoms with Crippen molar-refractivity contribution in [3.05, 3.63) is 83.6 Å². The van der Waals surface area contributed by atoms with Crippen molar-refractivity contribution in [2.24, 2.45) is 10.7 Å². The van der Waals surface area contributed by atoms with Gasteiger partial charge in [0.05, 0.1) is 0 Å². The van der Waals surface area contributed by atoms with Gasteiger partial charge in [0.25, 0.3) is 5.91 Å². The minimum Gasteiger partial charge on any atom is -0.396 e. The fraction of sp³-hybridized carbons (Fsp3) is 0.240. The number of aromatic nitrogens is 1. The number of nitrogens with two attached hydrogens (primary N) is 1. The molecule has 0 fully saturated rings. The largest absolute Gasteiger partial charge is 0.396 e. The molecular weight excluding hydrogens is 402 g/mol. The molecule has 0 radical (unpaired) electrons. The summed E-state index contributed by atoms with van der Waals surface area (Å²) in [5.41, 5.74) is 14.1. The van der Waals surface area contributed by atoms with Crippen LogP contribution in [-0.4, -0.2) is 34.6 Å². The first-order valence-electron chi connectivity index (χ1n) is 10.7. The van der Waals surface area contributed by atoms with Gasteiger partial charge >= 0.3 is 0 Å². The minimum atomic E-state index is -0.603. The number of benzene rings is 2. The molecule has 0 saturated heterocycles. The van der Waals surface area contributed by atoms with E-state index in [0.29, 0.717) is 12.2 Å². The van der Waals surface area contributed by atoms with Gasteiger partial charge in [-0.1, -0.05) is 48.5 Å². The predicted molar refractivity (Wildman–Crippen MR) is 126 cm³/mol. The number of rotatable bonds is 8. The van der Waals surface area contributed by atoms with Crippen LogP contribution in [-0.2, 0) is 17.6 Å². The first-order chi connectivity index (χ1) is 15.5. The van der Waals surface area contributed by atoms with Gasteiger partial charge in [-0.2, -0.15) is 0 Å². The van der Waals surface area contributed by atoms with E-state index in [9.17, 15) is 4.79 Å². The van der Waals surface area contributed by atoms with Crippen molar-refractivity contribution in [1.29, 1.82) is 0 Å². The molecule has 1 aliphatic rings. The zero-order valence-corrected chi connectivity index (χ0v) is 18.0. The summed E-state index contributed by atoms with van der Waals surface area (Å²) in [4.78, 5) is 20.8. The lowest BCUT2D eigenvalue weighted by Gasteiger charge is -2.24. The average molecular weight is 430 g/mol. The Kier molecular flexibility index (Phi) is 6.47. The number of carbonyl (C=O) groups is 1. The monoisotopic (exact) mass is 429 g/mol. The number of hydrogen-bond donors (Lipinski definition) is 3. The Hall–Kier alpha value is -3.71. The van der Waals surface area contributed by atoms with Gasteiger partial charge in [-0.05, 0) is 59.7 Å². The molecule has 3 aromatic rings. The van der Waals surface area contributed by atoms with Crippen molar-refractivity contribution in [2.75, 3.05) is 11.6 Å². The van der Waals surface area contributed by atoms with Gasteiger partial charge in [-0.25, -0.2) is 15.0 Å². The number of hydrazine groups is 1. The number of aryl methyl sites for hydroxylation is 2. The number of anilines is 1. The maximum Gasteiger partial charge on any atom is 0.285 e. The standard InChI is InChI=1S/C25H27N5O2/c1-17-9-10-19(8-5-13-31)14-21(17)20-11-12-27-22(16-20)30-23(28-25(29-30)24(26)32)15-18-6-3-2-4-7-18/h2-4,6-7,9-12,14,16,23,31H,5,8,13,15H2,1H3,(H2,26,32)(H,28,29). The van der Waals surface area contributed by atoms with Gasteiger partial charge in [-0.15, -0.1) is 0 Å². The number of amidine groups is 1. The molecule has 0 aliphatic carbocycles. The highest BCUT2D eigenvalue weighted by atomic mass is 16.2. The number of pyridine rings is 1. The van der Waals surface area contributed by atoms with E-state index in [4.69, 9.17) is 10.8 Å². The summed E-state index contributed by atoms with van der Waals surface area (Å²) in [6.07, 6.45) is 3.57. The zero-order chi connectivity index (χ0) is 22.5. The molecule has 2 heterocycles. The van der Waals surface area contributed by atoms with Crippen molar-refractivity contribution in [3.8, 4) is 11.1 Å². The van der Waals surface area contributed by atoms with E-state index < -0.39 is 5.91 Å². The maximum absolute atomic E-state index is 11.8. The third-order valence-electron chi connectivity index (χ3n) is 5.53. The summed E-state index contributed by atoms with van der Waals surface area (Å²) in [5.74, 6) is 0.179. The van der Waals surface area contributed by atoms with Gasteiger partial charge in [0.1, 0.15) is 12.0 Å². The molecule has 0 saturated carbocycles. The number of primary amides is 1. The third kappa shape index (κ3) is 4.78. The summed E-state index contributed by atoms with van der Waals surface area (Å²) >= 11 is 0. The molecule has 7 heteroatoms. The highest BCUT2D eigenvalue weighted by Crippen LogP contribution is 2.29. The molecule has 2 aromatic carbocycles. The topological polar surface area (TPSA) is 104 Å². The van der Waals surface area contributed by atoms with Crippen LogP contribution in [0.4, 0.5) is 5.82 Å². The second-order valence-corrected chi connectivity index (χ2v) is 7.87. The van der Waals surface area contributed by atoms with Crippen molar-refractivity contribution < 1.29 is 9.90 Å². The number of hydrogen-bond acceptors (Lipinski definition) is 6. The number of aliphatic hydroxyl groups is 1. The average Bonchev–Trinajstić information content (AvgIpc) is 3.23. The van der Waals surface area contributed by atoms with Crippen molar-refractivity contribution in [2.45, 2.75) is 32.4 Å². The number of aliphatic imine (C=N–C) groups is 1. The van der Waals surface area contributed by atoms with Crippen molar-refractivity contribution >= 4 is 17.6 Å². The SMILES string of the molecule is Cc1ccc(CCCO)cc1-c1ccnc(N2NC(C(N)=O)=NC2Cc2ccccc2)c1.